The van der Waals surface area contributed by atoms with E-state index in [0.717, 1.165) is 0 Å². The number of carbonyl (C=O) groups is 5. The molecule has 212 valence electrons. The summed E-state index contributed by atoms with van der Waals surface area (Å²) in [6, 6.07) is 3.65. The fourth-order valence-electron chi connectivity index (χ4n) is 3.66. The van der Waals surface area contributed by atoms with Gasteiger partial charge in [-0.05, 0) is 50.8 Å². The van der Waals surface area contributed by atoms with Gasteiger partial charge < -0.3 is 43.4 Å². The van der Waals surface area contributed by atoms with E-state index >= 15 is 0 Å². The molecule has 1 aromatic carbocycles. The minimum atomic E-state index is -1.58. The standard InChI is InChI=1S/C25H40N6O7/c26-12-6-4-10-17(28)22(34)29-18(11-5-7-13-27)23(35)30-19(15-21(32)33)24(36)31-20(25(37)38)14-16-8-2-1-3-9-16/h1-3,8-9,17-20H,4-7,10-15,26-28H2,(H,29,34)(H,30,35)(H,31,36)(H,32,33)(H,37,38). The van der Waals surface area contributed by atoms with Crippen molar-refractivity contribution in [2.45, 2.75) is 75.5 Å². The van der Waals surface area contributed by atoms with Crippen molar-refractivity contribution in [3.8, 4) is 0 Å². The molecule has 3 amide bonds. The number of amides is 3. The minimum absolute atomic E-state index is 0.0462. The molecule has 1 aromatic rings. The Bertz CT molecular complexity index is 915. The molecule has 0 heterocycles. The molecular formula is C25H40N6O7. The van der Waals surface area contributed by atoms with Crippen molar-refractivity contribution < 1.29 is 34.2 Å². The maximum Gasteiger partial charge on any atom is 0.326 e. The number of carboxylic acid groups (broad SMARTS) is 2. The molecule has 0 spiro atoms. The minimum Gasteiger partial charge on any atom is -0.481 e. The summed E-state index contributed by atoms with van der Waals surface area (Å²) >= 11 is 0. The fraction of sp³-hybridized carbons (Fsp3) is 0.560. The molecule has 0 aliphatic rings. The van der Waals surface area contributed by atoms with Gasteiger partial charge in [0.05, 0.1) is 12.5 Å². The predicted molar refractivity (Wildman–Crippen MR) is 140 cm³/mol. The van der Waals surface area contributed by atoms with Crippen molar-refractivity contribution in [3.05, 3.63) is 35.9 Å². The van der Waals surface area contributed by atoms with E-state index in [9.17, 15) is 34.2 Å². The lowest BCUT2D eigenvalue weighted by atomic mass is 10.0. The third-order valence-electron chi connectivity index (χ3n) is 5.79. The van der Waals surface area contributed by atoms with Crippen molar-refractivity contribution in [1.29, 1.82) is 0 Å². The molecule has 0 saturated carbocycles. The van der Waals surface area contributed by atoms with Gasteiger partial charge in [0.25, 0.3) is 0 Å². The zero-order valence-electron chi connectivity index (χ0n) is 21.4. The molecule has 0 aliphatic carbocycles. The van der Waals surface area contributed by atoms with Crippen LogP contribution in [-0.2, 0) is 30.4 Å². The van der Waals surface area contributed by atoms with Gasteiger partial charge in [0.2, 0.25) is 17.7 Å². The summed E-state index contributed by atoms with van der Waals surface area (Å²) in [5.74, 6) is -5.04. The Labute approximate surface area is 221 Å². The summed E-state index contributed by atoms with van der Waals surface area (Å²) < 4.78 is 0. The second kappa shape index (κ2) is 17.8. The first kappa shape index (κ1) is 32.5. The first-order valence-electron chi connectivity index (χ1n) is 12.6. The van der Waals surface area contributed by atoms with E-state index < -0.39 is 60.2 Å². The molecule has 0 bridgehead atoms. The average molecular weight is 537 g/mol. The van der Waals surface area contributed by atoms with Gasteiger partial charge in [0.15, 0.2) is 0 Å². The lowest BCUT2D eigenvalue weighted by molar-refractivity contribution is -0.143. The summed E-state index contributed by atoms with van der Waals surface area (Å²) in [7, 11) is 0. The van der Waals surface area contributed by atoms with Crippen LogP contribution in [0.1, 0.15) is 50.5 Å². The number of hydrogen-bond acceptors (Lipinski definition) is 8. The molecule has 4 unspecified atom stereocenters. The van der Waals surface area contributed by atoms with Crippen LogP contribution in [0, 0.1) is 0 Å². The molecular weight excluding hydrogens is 496 g/mol. The second-order valence-corrected chi connectivity index (χ2v) is 8.98. The van der Waals surface area contributed by atoms with E-state index in [2.05, 4.69) is 16.0 Å². The van der Waals surface area contributed by atoms with E-state index in [1.54, 1.807) is 30.3 Å². The van der Waals surface area contributed by atoms with Crippen LogP contribution < -0.4 is 33.2 Å². The molecule has 11 N–H and O–H groups in total. The lowest BCUT2D eigenvalue weighted by Gasteiger charge is -2.24. The van der Waals surface area contributed by atoms with E-state index in [1.807, 2.05) is 0 Å². The third-order valence-corrected chi connectivity index (χ3v) is 5.79. The molecule has 0 aliphatic heterocycles. The van der Waals surface area contributed by atoms with Crippen molar-refractivity contribution in [3.63, 3.8) is 0 Å². The molecule has 0 aromatic heterocycles. The highest BCUT2D eigenvalue weighted by Crippen LogP contribution is 2.07. The third kappa shape index (κ3) is 12.6. The SMILES string of the molecule is NCCCCC(N)C(=O)NC(CCCCN)C(=O)NC(CC(=O)O)C(=O)NC(Cc1ccccc1)C(=O)O. The Morgan fingerprint density at radius 2 is 1.24 bits per heavy atom. The highest BCUT2D eigenvalue weighted by atomic mass is 16.4. The number of carbonyl (C=O) groups excluding carboxylic acids is 3. The Hall–Kier alpha value is -3.55. The number of benzene rings is 1. The average Bonchev–Trinajstić information content (AvgIpc) is 2.87. The lowest BCUT2D eigenvalue weighted by Crippen LogP contribution is -2.57. The highest BCUT2D eigenvalue weighted by molar-refractivity contribution is 5.95. The van der Waals surface area contributed by atoms with Crippen molar-refractivity contribution in [2.75, 3.05) is 13.1 Å². The molecule has 1 rings (SSSR count). The van der Waals surface area contributed by atoms with Crippen LogP contribution in [0.5, 0.6) is 0 Å². The van der Waals surface area contributed by atoms with Gasteiger partial charge in [-0.2, -0.15) is 0 Å². The Balaban J connectivity index is 2.97. The largest absolute Gasteiger partial charge is 0.481 e. The topological polar surface area (TPSA) is 240 Å². The highest BCUT2D eigenvalue weighted by Gasteiger charge is 2.31. The maximum atomic E-state index is 13.1. The number of nitrogens with two attached hydrogens (primary N) is 3. The summed E-state index contributed by atoms with van der Waals surface area (Å²) in [5, 5.41) is 26.1. The summed E-state index contributed by atoms with van der Waals surface area (Å²) in [5.41, 5.74) is 17.5. The quantitative estimate of drug-likeness (QED) is 0.0985. The zero-order chi connectivity index (χ0) is 28.5. The Morgan fingerprint density at radius 3 is 1.79 bits per heavy atom. The van der Waals surface area contributed by atoms with Crippen LogP contribution in [0.2, 0.25) is 0 Å². The van der Waals surface area contributed by atoms with Gasteiger partial charge in [0.1, 0.15) is 18.1 Å². The molecule has 13 heteroatoms. The summed E-state index contributed by atoms with van der Waals surface area (Å²) in [4.78, 5) is 61.7. The molecule has 38 heavy (non-hydrogen) atoms. The van der Waals surface area contributed by atoms with E-state index in [1.165, 1.54) is 0 Å². The monoisotopic (exact) mass is 536 g/mol. The normalized spacial score (nSPS) is 14.0. The number of hydrogen-bond donors (Lipinski definition) is 8. The molecule has 0 radical (unpaired) electrons. The van der Waals surface area contributed by atoms with E-state index in [4.69, 9.17) is 17.2 Å². The number of unbranched alkanes of at least 4 members (excludes halogenated alkanes) is 2. The Kier molecular flexibility index (Phi) is 15.2. The number of aliphatic carboxylic acids is 2. The van der Waals surface area contributed by atoms with Crippen LogP contribution in [0.25, 0.3) is 0 Å². The summed E-state index contributed by atoms with van der Waals surface area (Å²) in [6.45, 7) is 0.822. The van der Waals surface area contributed by atoms with Crippen LogP contribution >= 0.6 is 0 Å². The van der Waals surface area contributed by atoms with Crippen LogP contribution in [0.3, 0.4) is 0 Å². The Morgan fingerprint density at radius 1 is 0.711 bits per heavy atom. The van der Waals surface area contributed by atoms with E-state index in [0.29, 0.717) is 50.8 Å². The van der Waals surface area contributed by atoms with Gasteiger partial charge in [0, 0.05) is 6.42 Å². The van der Waals surface area contributed by atoms with Crippen LogP contribution in [0.4, 0.5) is 0 Å². The van der Waals surface area contributed by atoms with Gasteiger partial charge in [-0.1, -0.05) is 36.8 Å². The number of nitrogens with one attached hydrogen (secondary N) is 3. The van der Waals surface area contributed by atoms with E-state index in [-0.39, 0.29) is 12.8 Å². The van der Waals surface area contributed by atoms with Crippen LogP contribution in [-0.4, -0.2) is 77.1 Å². The van der Waals surface area contributed by atoms with Crippen molar-refractivity contribution in [2.24, 2.45) is 17.2 Å². The maximum absolute atomic E-state index is 13.1. The van der Waals surface area contributed by atoms with Crippen molar-refractivity contribution in [1.82, 2.24) is 16.0 Å². The van der Waals surface area contributed by atoms with Gasteiger partial charge >= 0.3 is 11.9 Å². The zero-order valence-corrected chi connectivity index (χ0v) is 21.4. The van der Waals surface area contributed by atoms with Crippen LogP contribution in [0.15, 0.2) is 30.3 Å². The van der Waals surface area contributed by atoms with Crippen molar-refractivity contribution >= 4 is 29.7 Å². The van der Waals surface area contributed by atoms with Gasteiger partial charge in [-0.15, -0.1) is 0 Å². The predicted octanol–water partition coefficient (Wildman–Crippen LogP) is -1.17. The molecule has 4 atom stereocenters. The van der Waals surface area contributed by atoms with Gasteiger partial charge in [-0.25, -0.2) is 4.79 Å². The first-order valence-corrected chi connectivity index (χ1v) is 12.6. The summed E-state index contributed by atoms with van der Waals surface area (Å²) in [6.07, 6.45) is 2.07. The smallest absolute Gasteiger partial charge is 0.326 e. The number of rotatable bonds is 19. The molecule has 13 nitrogen and oxygen atoms in total. The number of carboxylic acids is 2. The second-order valence-electron chi connectivity index (χ2n) is 8.98. The first-order chi connectivity index (χ1) is 18.1. The fourth-order valence-corrected chi connectivity index (χ4v) is 3.66. The molecule has 0 fully saturated rings. The van der Waals surface area contributed by atoms with Gasteiger partial charge in [-0.3, -0.25) is 19.2 Å². The molecule has 0 saturated heterocycles.